The van der Waals surface area contributed by atoms with Crippen molar-refractivity contribution >= 4 is 24.8 Å². The van der Waals surface area contributed by atoms with E-state index in [-0.39, 0.29) is 31.2 Å². The van der Waals surface area contributed by atoms with E-state index in [0.717, 1.165) is 0 Å². The molecule has 1 aromatic rings. The zero-order valence-electron chi connectivity index (χ0n) is 12.8. The van der Waals surface area contributed by atoms with Crippen LogP contribution in [-0.4, -0.2) is 36.2 Å². The van der Waals surface area contributed by atoms with Gasteiger partial charge in [-0.15, -0.1) is 31.4 Å². The van der Waals surface area contributed by atoms with Crippen molar-refractivity contribution in [2.45, 2.75) is 18.6 Å². The molecule has 1 fully saturated rings. The molecule has 0 spiro atoms. The van der Waals surface area contributed by atoms with Crippen molar-refractivity contribution in [2.75, 3.05) is 26.2 Å². The molecule has 24 heavy (non-hydrogen) atoms. The second kappa shape index (κ2) is 9.46. The van der Waals surface area contributed by atoms with Gasteiger partial charge in [-0.05, 0) is 18.6 Å². The van der Waals surface area contributed by atoms with Gasteiger partial charge in [-0.1, -0.05) is 6.08 Å². The summed E-state index contributed by atoms with van der Waals surface area (Å²) >= 11 is 0. The molecule has 1 atom stereocenters. The van der Waals surface area contributed by atoms with E-state index in [0.29, 0.717) is 38.3 Å². The highest BCUT2D eigenvalue weighted by atomic mass is 35.5. The van der Waals surface area contributed by atoms with Crippen molar-refractivity contribution < 1.29 is 22.7 Å². The number of alkyl halides is 3. The lowest BCUT2D eigenvalue weighted by Crippen LogP contribution is -2.45. The molecule has 0 aliphatic carbocycles. The number of hydrogen-bond acceptors (Lipinski definition) is 3. The topological polar surface area (TPSA) is 35.5 Å². The lowest BCUT2D eigenvalue weighted by Gasteiger charge is -2.36. The van der Waals surface area contributed by atoms with Crippen LogP contribution in [0.4, 0.5) is 17.6 Å². The van der Waals surface area contributed by atoms with E-state index in [2.05, 4.69) is 11.9 Å². The summed E-state index contributed by atoms with van der Waals surface area (Å²) in [6, 6.07) is 0.569. The Bertz CT molecular complexity index is 549. The SMILES string of the molecule is C=CC[C@H](c1c(C(F)(F)F)ccc(F)c1O)N1CCNCC1.Cl.Cl. The third-order valence-corrected chi connectivity index (χ3v) is 3.79. The Balaban J connectivity index is 0.00000264. The fraction of sp³-hybridized carbons (Fsp3) is 0.467. The predicted octanol–water partition coefficient (Wildman–Crippen LogP) is 3.92. The summed E-state index contributed by atoms with van der Waals surface area (Å²) in [5.41, 5.74) is -1.41. The Morgan fingerprint density at radius 1 is 1.25 bits per heavy atom. The summed E-state index contributed by atoms with van der Waals surface area (Å²) in [4.78, 5) is 1.81. The standard InChI is InChI=1S/C15H18F4N2O.2ClH/c1-2-3-12(21-8-6-20-7-9-21)13-10(15(17,18)19)4-5-11(16)14(13)22;;/h2,4-5,12,20,22H,1,3,6-9H2;2*1H/t12-;;/m1../s1. The van der Waals surface area contributed by atoms with Gasteiger partial charge in [-0.3, -0.25) is 4.90 Å². The van der Waals surface area contributed by atoms with Crippen LogP contribution in [0.5, 0.6) is 5.75 Å². The third kappa shape index (κ3) is 4.99. The number of phenolic OH excluding ortho intramolecular Hbond substituents is 1. The van der Waals surface area contributed by atoms with Crippen molar-refractivity contribution in [3.8, 4) is 5.75 Å². The first-order valence-electron chi connectivity index (χ1n) is 7.00. The van der Waals surface area contributed by atoms with Gasteiger partial charge in [0.25, 0.3) is 0 Å². The van der Waals surface area contributed by atoms with E-state index in [9.17, 15) is 22.7 Å². The van der Waals surface area contributed by atoms with Crippen LogP contribution in [0.2, 0.25) is 0 Å². The van der Waals surface area contributed by atoms with E-state index in [1.807, 2.05) is 4.90 Å². The first-order valence-corrected chi connectivity index (χ1v) is 7.00. The first-order chi connectivity index (χ1) is 10.4. The molecule has 0 amide bonds. The second-order valence-corrected chi connectivity index (χ2v) is 5.18. The number of nitrogens with one attached hydrogen (secondary N) is 1. The molecule has 0 unspecified atom stereocenters. The monoisotopic (exact) mass is 390 g/mol. The van der Waals surface area contributed by atoms with Crippen molar-refractivity contribution in [1.29, 1.82) is 0 Å². The molecule has 138 valence electrons. The summed E-state index contributed by atoms with van der Waals surface area (Å²) in [5.74, 6) is -1.98. The van der Waals surface area contributed by atoms with Gasteiger partial charge >= 0.3 is 6.18 Å². The minimum Gasteiger partial charge on any atom is -0.505 e. The maximum absolute atomic E-state index is 13.6. The molecule has 0 aromatic heterocycles. The van der Waals surface area contributed by atoms with Crippen LogP contribution in [0.1, 0.15) is 23.6 Å². The number of nitrogens with zero attached hydrogens (tertiary/aromatic N) is 1. The van der Waals surface area contributed by atoms with Crippen LogP contribution in [0.3, 0.4) is 0 Å². The molecule has 2 N–H and O–H groups in total. The summed E-state index contributed by atoms with van der Waals surface area (Å²) in [6.45, 7) is 5.87. The molecule has 0 bridgehead atoms. The normalized spacial score (nSPS) is 16.7. The number of phenols is 1. The first kappa shape index (κ1) is 23.0. The molecule has 3 nitrogen and oxygen atoms in total. The van der Waals surface area contributed by atoms with E-state index < -0.39 is 34.9 Å². The maximum atomic E-state index is 13.6. The highest BCUT2D eigenvalue weighted by Crippen LogP contribution is 2.43. The summed E-state index contributed by atoms with van der Waals surface area (Å²) in [7, 11) is 0. The molecule has 1 heterocycles. The highest BCUT2D eigenvalue weighted by molar-refractivity contribution is 5.85. The average molecular weight is 391 g/mol. The van der Waals surface area contributed by atoms with Crippen LogP contribution < -0.4 is 5.32 Å². The molecular weight excluding hydrogens is 371 g/mol. The Morgan fingerprint density at radius 3 is 2.33 bits per heavy atom. The van der Waals surface area contributed by atoms with Crippen LogP contribution >= 0.6 is 24.8 Å². The van der Waals surface area contributed by atoms with Crippen LogP contribution in [0.25, 0.3) is 0 Å². The lowest BCUT2D eigenvalue weighted by molar-refractivity contribution is -0.139. The maximum Gasteiger partial charge on any atom is 0.416 e. The highest BCUT2D eigenvalue weighted by Gasteiger charge is 2.39. The summed E-state index contributed by atoms with van der Waals surface area (Å²) in [6.07, 6.45) is -2.98. The Labute approximate surface area is 150 Å². The smallest absolute Gasteiger partial charge is 0.416 e. The van der Waals surface area contributed by atoms with Gasteiger partial charge in [0, 0.05) is 37.8 Å². The molecule has 1 aliphatic heterocycles. The number of halogens is 6. The molecule has 1 aliphatic rings. The third-order valence-electron chi connectivity index (χ3n) is 3.79. The van der Waals surface area contributed by atoms with Crippen molar-refractivity contribution in [1.82, 2.24) is 10.2 Å². The van der Waals surface area contributed by atoms with E-state index >= 15 is 0 Å². The quantitative estimate of drug-likeness (QED) is 0.604. The van der Waals surface area contributed by atoms with Crippen LogP contribution in [0, 0.1) is 5.82 Å². The van der Waals surface area contributed by atoms with Gasteiger partial charge in [-0.2, -0.15) is 13.2 Å². The largest absolute Gasteiger partial charge is 0.505 e. The van der Waals surface area contributed by atoms with Gasteiger partial charge in [0.1, 0.15) is 0 Å². The minimum atomic E-state index is -4.66. The number of hydrogen-bond donors (Lipinski definition) is 2. The molecular formula is C15H20Cl2F4N2O. The predicted molar refractivity (Wildman–Crippen MR) is 89.6 cm³/mol. The lowest BCUT2D eigenvalue weighted by atomic mass is 9.94. The summed E-state index contributed by atoms with van der Waals surface area (Å²) < 4.78 is 53.4. The van der Waals surface area contributed by atoms with Gasteiger partial charge in [0.05, 0.1) is 5.56 Å². The second-order valence-electron chi connectivity index (χ2n) is 5.18. The zero-order valence-corrected chi connectivity index (χ0v) is 14.4. The number of piperazine rings is 1. The summed E-state index contributed by atoms with van der Waals surface area (Å²) in [5, 5.41) is 13.0. The fourth-order valence-corrected chi connectivity index (χ4v) is 2.77. The Hall–Kier alpha value is -1.02. The zero-order chi connectivity index (χ0) is 16.3. The Morgan fingerprint density at radius 2 is 1.83 bits per heavy atom. The van der Waals surface area contributed by atoms with Gasteiger partial charge < -0.3 is 10.4 Å². The van der Waals surface area contributed by atoms with Crippen LogP contribution in [-0.2, 0) is 6.18 Å². The molecule has 9 heteroatoms. The molecule has 0 radical (unpaired) electrons. The fourth-order valence-electron chi connectivity index (χ4n) is 2.77. The van der Waals surface area contributed by atoms with Gasteiger partial charge in [0.15, 0.2) is 11.6 Å². The molecule has 0 saturated carbocycles. The van der Waals surface area contributed by atoms with E-state index in [4.69, 9.17) is 0 Å². The van der Waals surface area contributed by atoms with Gasteiger partial charge in [-0.25, -0.2) is 4.39 Å². The van der Waals surface area contributed by atoms with Crippen molar-refractivity contribution in [2.24, 2.45) is 0 Å². The molecule has 1 aromatic carbocycles. The van der Waals surface area contributed by atoms with E-state index in [1.165, 1.54) is 6.08 Å². The number of aromatic hydroxyl groups is 1. The van der Waals surface area contributed by atoms with Gasteiger partial charge in [0.2, 0.25) is 0 Å². The minimum absolute atomic E-state index is 0. The van der Waals surface area contributed by atoms with Crippen molar-refractivity contribution in [3.05, 3.63) is 41.7 Å². The average Bonchev–Trinajstić information content (AvgIpc) is 2.47. The van der Waals surface area contributed by atoms with E-state index in [1.54, 1.807) is 0 Å². The molecule has 1 saturated heterocycles. The number of benzene rings is 1. The number of rotatable bonds is 4. The van der Waals surface area contributed by atoms with Crippen LogP contribution in [0.15, 0.2) is 24.8 Å². The van der Waals surface area contributed by atoms with Crippen molar-refractivity contribution in [3.63, 3.8) is 0 Å². The molecule has 2 rings (SSSR count). The Kier molecular flexibility index (Phi) is 9.06.